The standard InChI is InChI=1S/C20H31N3O5S/c1-5-23(6-2)29(26,27)16-7-8-18(22-11-9-15(3)10-12-22)17(13-16)20(25)28-14-19(24)21-4/h7-8,13,15H,5-6,9-12,14H2,1-4H3,(H,21,24). The number of sulfonamides is 1. The number of nitrogens with zero attached hydrogens (tertiary/aromatic N) is 2. The van der Waals surface area contributed by atoms with Crippen LogP contribution in [-0.2, 0) is 19.6 Å². The summed E-state index contributed by atoms with van der Waals surface area (Å²) in [5, 5.41) is 2.39. The van der Waals surface area contributed by atoms with Crippen LogP contribution in [0.4, 0.5) is 5.69 Å². The average molecular weight is 426 g/mol. The number of likely N-dealkylation sites (N-methyl/N-ethyl adjacent to an activating group) is 1. The molecule has 29 heavy (non-hydrogen) atoms. The lowest BCUT2D eigenvalue weighted by atomic mass is 9.98. The van der Waals surface area contributed by atoms with E-state index in [-0.39, 0.29) is 10.5 Å². The molecule has 0 atom stereocenters. The number of ether oxygens (including phenoxy) is 1. The number of carbonyl (C=O) groups is 2. The van der Waals surface area contributed by atoms with Crippen molar-refractivity contribution >= 4 is 27.6 Å². The Morgan fingerprint density at radius 2 is 1.83 bits per heavy atom. The molecule has 1 N–H and O–H groups in total. The van der Waals surface area contributed by atoms with E-state index in [1.807, 2.05) is 0 Å². The highest BCUT2D eigenvalue weighted by Crippen LogP contribution is 2.30. The fraction of sp³-hybridized carbons (Fsp3) is 0.600. The summed E-state index contributed by atoms with van der Waals surface area (Å²) in [4.78, 5) is 26.3. The molecule has 1 saturated heterocycles. The number of anilines is 1. The van der Waals surface area contributed by atoms with Crippen molar-refractivity contribution in [2.24, 2.45) is 5.92 Å². The zero-order valence-electron chi connectivity index (χ0n) is 17.6. The van der Waals surface area contributed by atoms with Crippen LogP contribution < -0.4 is 10.2 Å². The van der Waals surface area contributed by atoms with Gasteiger partial charge in [-0.25, -0.2) is 13.2 Å². The van der Waals surface area contributed by atoms with Crippen LogP contribution in [0.2, 0.25) is 0 Å². The fourth-order valence-corrected chi connectivity index (χ4v) is 4.84. The van der Waals surface area contributed by atoms with Gasteiger partial charge >= 0.3 is 5.97 Å². The molecule has 1 aromatic rings. The van der Waals surface area contributed by atoms with E-state index in [1.54, 1.807) is 19.9 Å². The van der Waals surface area contributed by atoms with E-state index in [4.69, 9.17) is 4.74 Å². The first kappa shape index (κ1) is 23.2. The van der Waals surface area contributed by atoms with E-state index >= 15 is 0 Å². The van der Waals surface area contributed by atoms with Crippen molar-refractivity contribution in [2.75, 3.05) is 44.7 Å². The zero-order valence-corrected chi connectivity index (χ0v) is 18.4. The Morgan fingerprint density at radius 1 is 1.21 bits per heavy atom. The molecule has 9 heteroatoms. The highest BCUT2D eigenvalue weighted by atomic mass is 32.2. The lowest BCUT2D eigenvalue weighted by Gasteiger charge is -2.33. The molecule has 1 heterocycles. The Labute approximate surface area is 173 Å². The van der Waals surface area contributed by atoms with Crippen molar-refractivity contribution < 1.29 is 22.7 Å². The van der Waals surface area contributed by atoms with Gasteiger partial charge in [-0.15, -0.1) is 0 Å². The summed E-state index contributed by atoms with van der Waals surface area (Å²) in [6, 6.07) is 4.58. The van der Waals surface area contributed by atoms with Crippen LogP contribution in [0.5, 0.6) is 0 Å². The van der Waals surface area contributed by atoms with Crippen LogP contribution >= 0.6 is 0 Å². The predicted octanol–water partition coefficient (Wildman–Crippen LogP) is 1.86. The van der Waals surface area contributed by atoms with Crippen LogP contribution in [0.1, 0.15) is 44.0 Å². The number of amides is 1. The third-order valence-electron chi connectivity index (χ3n) is 5.27. The highest BCUT2D eigenvalue weighted by Gasteiger charge is 2.27. The topological polar surface area (TPSA) is 96.0 Å². The quantitative estimate of drug-likeness (QED) is 0.639. The smallest absolute Gasteiger partial charge is 0.340 e. The van der Waals surface area contributed by atoms with E-state index < -0.39 is 28.5 Å². The molecule has 162 valence electrons. The van der Waals surface area contributed by atoms with Crippen LogP contribution in [0.25, 0.3) is 0 Å². The summed E-state index contributed by atoms with van der Waals surface area (Å²) in [6.45, 7) is 7.53. The maximum Gasteiger partial charge on any atom is 0.340 e. The van der Waals surface area contributed by atoms with E-state index in [9.17, 15) is 18.0 Å². The number of nitrogens with one attached hydrogen (secondary N) is 1. The monoisotopic (exact) mass is 425 g/mol. The molecule has 0 radical (unpaired) electrons. The molecule has 1 aliphatic rings. The largest absolute Gasteiger partial charge is 0.452 e. The molecular weight excluding hydrogens is 394 g/mol. The van der Waals surface area contributed by atoms with Crippen LogP contribution in [-0.4, -0.2) is 64.4 Å². The minimum Gasteiger partial charge on any atom is -0.452 e. The van der Waals surface area contributed by atoms with Crippen LogP contribution in [0.15, 0.2) is 23.1 Å². The van der Waals surface area contributed by atoms with Gasteiger partial charge < -0.3 is 15.0 Å². The number of piperidine rings is 1. The second kappa shape index (κ2) is 10.1. The fourth-order valence-electron chi connectivity index (χ4n) is 3.36. The molecule has 1 fully saturated rings. The van der Waals surface area contributed by atoms with E-state index in [0.29, 0.717) is 24.7 Å². The van der Waals surface area contributed by atoms with Crippen molar-refractivity contribution in [2.45, 2.75) is 38.5 Å². The first-order valence-electron chi connectivity index (χ1n) is 10.0. The molecule has 8 nitrogen and oxygen atoms in total. The Kier molecular flexibility index (Phi) is 8.04. The molecule has 0 aromatic heterocycles. The highest BCUT2D eigenvalue weighted by molar-refractivity contribution is 7.89. The van der Waals surface area contributed by atoms with Crippen LogP contribution in [0, 0.1) is 5.92 Å². The van der Waals surface area contributed by atoms with Crippen molar-refractivity contribution in [3.05, 3.63) is 23.8 Å². The molecule has 0 bridgehead atoms. The summed E-state index contributed by atoms with van der Waals surface area (Å²) in [5.74, 6) is -0.533. The molecule has 1 aromatic carbocycles. The van der Waals surface area contributed by atoms with Crippen molar-refractivity contribution in [3.63, 3.8) is 0 Å². The van der Waals surface area contributed by atoms with Gasteiger partial charge in [-0.3, -0.25) is 4.79 Å². The SMILES string of the molecule is CCN(CC)S(=O)(=O)c1ccc(N2CCC(C)CC2)c(C(=O)OCC(=O)NC)c1. The zero-order chi connectivity index (χ0) is 21.6. The minimum absolute atomic E-state index is 0.0437. The normalized spacial score (nSPS) is 15.4. The number of hydrogen-bond acceptors (Lipinski definition) is 6. The number of carbonyl (C=O) groups excluding carboxylic acids is 2. The van der Waals surface area contributed by atoms with E-state index in [2.05, 4.69) is 17.1 Å². The van der Waals surface area contributed by atoms with Gasteiger partial charge in [0.25, 0.3) is 5.91 Å². The summed E-state index contributed by atoms with van der Waals surface area (Å²) < 4.78 is 32.3. The molecule has 1 aliphatic heterocycles. The third-order valence-corrected chi connectivity index (χ3v) is 7.31. The van der Waals surface area contributed by atoms with Gasteiger partial charge in [0, 0.05) is 33.2 Å². The van der Waals surface area contributed by atoms with Gasteiger partial charge in [0.15, 0.2) is 6.61 Å². The molecule has 1 amide bonds. The molecule has 0 spiro atoms. The average Bonchev–Trinajstić information content (AvgIpc) is 2.72. The Bertz CT molecular complexity index is 829. The minimum atomic E-state index is -3.72. The summed E-state index contributed by atoms with van der Waals surface area (Å²) in [5.41, 5.74) is 0.800. The van der Waals surface area contributed by atoms with E-state index in [0.717, 1.165) is 25.9 Å². The third kappa shape index (κ3) is 5.48. The molecular formula is C20H31N3O5S. The van der Waals surface area contributed by atoms with Crippen molar-refractivity contribution in [3.8, 4) is 0 Å². The van der Waals surface area contributed by atoms with E-state index in [1.165, 1.54) is 23.5 Å². The van der Waals surface area contributed by atoms with Crippen LogP contribution in [0.3, 0.4) is 0 Å². The van der Waals surface area contributed by atoms with Gasteiger partial charge in [0.1, 0.15) is 0 Å². The van der Waals surface area contributed by atoms with Gasteiger partial charge in [-0.2, -0.15) is 4.31 Å². The molecule has 0 aliphatic carbocycles. The predicted molar refractivity (Wildman–Crippen MR) is 112 cm³/mol. The first-order valence-corrected chi connectivity index (χ1v) is 11.4. The second-order valence-corrected chi connectivity index (χ2v) is 9.13. The summed E-state index contributed by atoms with van der Waals surface area (Å²) in [6.07, 6.45) is 1.98. The van der Waals surface area contributed by atoms with Gasteiger partial charge in [-0.05, 0) is 37.0 Å². The number of benzene rings is 1. The molecule has 0 saturated carbocycles. The Morgan fingerprint density at radius 3 is 2.38 bits per heavy atom. The maximum atomic E-state index is 12.9. The number of hydrogen-bond donors (Lipinski definition) is 1. The van der Waals surface area contributed by atoms with Gasteiger partial charge in [0.05, 0.1) is 16.1 Å². The maximum absolute atomic E-state index is 12.9. The summed E-state index contributed by atoms with van der Waals surface area (Å²) >= 11 is 0. The molecule has 0 unspecified atom stereocenters. The van der Waals surface area contributed by atoms with Gasteiger partial charge in [0.2, 0.25) is 10.0 Å². The first-order chi connectivity index (χ1) is 13.7. The summed E-state index contributed by atoms with van der Waals surface area (Å²) in [7, 11) is -2.27. The lowest BCUT2D eigenvalue weighted by Crippen LogP contribution is -2.35. The Balaban J connectivity index is 2.43. The Hall–Kier alpha value is -2.13. The number of esters is 1. The number of rotatable bonds is 8. The van der Waals surface area contributed by atoms with Crippen molar-refractivity contribution in [1.82, 2.24) is 9.62 Å². The molecule has 2 rings (SSSR count). The lowest BCUT2D eigenvalue weighted by molar-refractivity contribution is -0.123. The van der Waals surface area contributed by atoms with Crippen molar-refractivity contribution in [1.29, 1.82) is 0 Å². The van der Waals surface area contributed by atoms with Gasteiger partial charge in [-0.1, -0.05) is 20.8 Å². The second-order valence-electron chi connectivity index (χ2n) is 7.19.